The van der Waals surface area contributed by atoms with Crippen LogP contribution in [0.4, 0.5) is 11.4 Å². The summed E-state index contributed by atoms with van der Waals surface area (Å²) in [5.41, 5.74) is 10.1. The summed E-state index contributed by atoms with van der Waals surface area (Å²) in [6.07, 6.45) is 0. The van der Waals surface area contributed by atoms with Gasteiger partial charge < -0.3 is 16.0 Å². The number of nitrogen functional groups attached to an aromatic ring is 1. The molecule has 0 radical (unpaired) electrons. The number of benzene rings is 2. The van der Waals surface area contributed by atoms with Crippen LogP contribution in [0.3, 0.4) is 0 Å². The van der Waals surface area contributed by atoms with Crippen molar-refractivity contribution in [3.63, 3.8) is 0 Å². The van der Waals surface area contributed by atoms with E-state index < -0.39 is 0 Å². The summed E-state index contributed by atoms with van der Waals surface area (Å²) >= 11 is 6.20. The Morgan fingerprint density at radius 1 is 1.21 bits per heavy atom. The number of aromatic nitrogens is 2. The van der Waals surface area contributed by atoms with E-state index in [0.29, 0.717) is 10.7 Å². The molecule has 4 N–H and O–H groups in total. The maximum atomic E-state index is 6.20. The highest BCUT2D eigenvalue weighted by Gasteiger charge is 2.09. The van der Waals surface area contributed by atoms with Crippen LogP contribution in [0.25, 0.3) is 22.4 Å². The number of hydrogen-bond acceptors (Lipinski definition) is 3. The third-order valence-corrected chi connectivity index (χ3v) is 3.33. The first-order chi connectivity index (χ1) is 9.17. The van der Waals surface area contributed by atoms with E-state index in [1.54, 1.807) is 6.07 Å². The molecule has 0 fully saturated rings. The van der Waals surface area contributed by atoms with Crippen molar-refractivity contribution in [2.75, 3.05) is 18.1 Å². The zero-order valence-electron chi connectivity index (χ0n) is 10.4. The highest BCUT2D eigenvalue weighted by molar-refractivity contribution is 6.33. The van der Waals surface area contributed by atoms with Crippen molar-refractivity contribution in [2.24, 2.45) is 0 Å². The van der Waals surface area contributed by atoms with E-state index >= 15 is 0 Å². The highest BCUT2D eigenvalue weighted by Crippen LogP contribution is 2.29. The predicted molar refractivity (Wildman–Crippen MR) is 80.5 cm³/mol. The fraction of sp³-hybridized carbons (Fsp3) is 0.0714. The van der Waals surface area contributed by atoms with Crippen LogP contribution in [-0.4, -0.2) is 17.0 Å². The molecule has 19 heavy (non-hydrogen) atoms. The summed E-state index contributed by atoms with van der Waals surface area (Å²) in [7, 11) is 1.88. The van der Waals surface area contributed by atoms with Gasteiger partial charge in [0.2, 0.25) is 0 Å². The predicted octanol–water partition coefficient (Wildman–Crippen LogP) is 3.51. The molecule has 0 aliphatic carbocycles. The van der Waals surface area contributed by atoms with Gasteiger partial charge in [0.1, 0.15) is 5.82 Å². The van der Waals surface area contributed by atoms with Gasteiger partial charge in [-0.15, -0.1) is 0 Å². The van der Waals surface area contributed by atoms with E-state index in [4.69, 9.17) is 17.3 Å². The molecule has 96 valence electrons. The third kappa shape index (κ3) is 2.11. The van der Waals surface area contributed by atoms with E-state index in [0.717, 1.165) is 28.1 Å². The SMILES string of the molecule is CNc1ccc2nc(-c3ccc(N)cc3Cl)[nH]c2c1. The molecule has 0 bridgehead atoms. The molecule has 0 aliphatic rings. The number of anilines is 2. The van der Waals surface area contributed by atoms with Crippen LogP contribution in [0, 0.1) is 0 Å². The lowest BCUT2D eigenvalue weighted by Crippen LogP contribution is -1.87. The fourth-order valence-corrected chi connectivity index (χ4v) is 2.29. The average molecular weight is 273 g/mol. The zero-order chi connectivity index (χ0) is 13.4. The molecular formula is C14H13ClN4. The first-order valence-electron chi connectivity index (χ1n) is 5.90. The number of rotatable bonds is 2. The van der Waals surface area contributed by atoms with Gasteiger partial charge in [0, 0.05) is 24.0 Å². The lowest BCUT2D eigenvalue weighted by atomic mass is 10.2. The van der Waals surface area contributed by atoms with Crippen molar-refractivity contribution in [3.8, 4) is 11.4 Å². The van der Waals surface area contributed by atoms with E-state index in [-0.39, 0.29) is 0 Å². The summed E-state index contributed by atoms with van der Waals surface area (Å²) < 4.78 is 0. The molecule has 0 saturated carbocycles. The van der Waals surface area contributed by atoms with Gasteiger partial charge in [0.05, 0.1) is 16.1 Å². The van der Waals surface area contributed by atoms with Gasteiger partial charge in [0.15, 0.2) is 0 Å². The lowest BCUT2D eigenvalue weighted by molar-refractivity contribution is 1.34. The second-order valence-corrected chi connectivity index (χ2v) is 4.71. The van der Waals surface area contributed by atoms with E-state index in [1.165, 1.54) is 0 Å². The summed E-state index contributed by atoms with van der Waals surface area (Å²) in [4.78, 5) is 7.81. The Morgan fingerprint density at radius 3 is 2.79 bits per heavy atom. The molecule has 2 aromatic carbocycles. The summed E-state index contributed by atoms with van der Waals surface area (Å²) in [6.45, 7) is 0. The Balaban J connectivity index is 2.14. The molecular weight excluding hydrogens is 260 g/mol. The number of hydrogen-bond donors (Lipinski definition) is 3. The molecule has 0 aliphatic heterocycles. The number of fused-ring (bicyclic) bond motifs is 1. The largest absolute Gasteiger partial charge is 0.399 e. The van der Waals surface area contributed by atoms with E-state index in [9.17, 15) is 0 Å². The van der Waals surface area contributed by atoms with Gasteiger partial charge >= 0.3 is 0 Å². The number of imidazole rings is 1. The van der Waals surface area contributed by atoms with Crippen LogP contribution in [0.1, 0.15) is 0 Å². The zero-order valence-corrected chi connectivity index (χ0v) is 11.1. The van der Waals surface area contributed by atoms with Gasteiger partial charge in [-0.25, -0.2) is 4.98 Å². The van der Waals surface area contributed by atoms with E-state index in [1.807, 2.05) is 37.4 Å². The van der Waals surface area contributed by atoms with Crippen LogP contribution in [0.2, 0.25) is 5.02 Å². The van der Waals surface area contributed by atoms with Crippen LogP contribution in [-0.2, 0) is 0 Å². The molecule has 0 amide bonds. The van der Waals surface area contributed by atoms with Crippen molar-refractivity contribution >= 4 is 34.0 Å². The Bertz CT molecular complexity index is 748. The average Bonchev–Trinajstić information content (AvgIpc) is 2.80. The number of nitrogens with one attached hydrogen (secondary N) is 2. The van der Waals surface area contributed by atoms with Gasteiger partial charge in [-0.3, -0.25) is 0 Å². The molecule has 5 heteroatoms. The Labute approximate surface area is 115 Å². The number of aromatic amines is 1. The first kappa shape index (κ1) is 11.9. The van der Waals surface area contributed by atoms with Gasteiger partial charge in [-0.1, -0.05) is 11.6 Å². The van der Waals surface area contributed by atoms with Crippen molar-refractivity contribution in [1.82, 2.24) is 9.97 Å². The minimum atomic E-state index is 0.591. The maximum absolute atomic E-state index is 6.20. The van der Waals surface area contributed by atoms with Crippen LogP contribution in [0.15, 0.2) is 36.4 Å². The normalized spacial score (nSPS) is 10.8. The van der Waals surface area contributed by atoms with Crippen LogP contribution < -0.4 is 11.1 Å². The topological polar surface area (TPSA) is 66.7 Å². The number of H-pyrrole nitrogens is 1. The standard InChI is InChI=1S/C14H13ClN4/c1-17-9-3-5-12-13(7-9)19-14(18-12)10-4-2-8(16)6-11(10)15/h2-7,17H,16H2,1H3,(H,18,19). The fourth-order valence-electron chi connectivity index (χ4n) is 2.02. The lowest BCUT2D eigenvalue weighted by Gasteiger charge is -2.01. The quantitative estimate of drug-likeness (QED) is 0.626. The van der Waals surface area contributed by atoms with Gasteiger partial charge in [-0.05, 0) is 36.4 Å². The first-order valence-corrected chi connectivity index (χ1v) is 6.28. The Kier molecular flexibility index (Phi) is 2.80. The highest BCUT2D eigenvalue weighted by atomic mass is 35.5. The molecule has 0 unspecified atom stereocenters. The Morgan fingerprint density at radius 2 is 2.05 bits per heavy atom. The monoisotopic (exact) mass is 272 g/mol. The summed E-state index contributed by atoms with van der Waals surface area (Å²) in [5, 5.41) is 3.69. The number of nitrogens with zero attached hydrogens (tertiary/aromatic N) is 1. The summed E-state index contributed by atoms with van der Waals surface area (Å²) in [5.74, 6) is 0.744. The second-order valence-electron chi connectivity index (χ2n) is 4.31. The summed E-state index contributed by atoms with van der Waals surface area (Å²) in [6, 6.07) is 11.4. The van der Waals surface area contributed by atoms with Crippen LogP contribution >= 0.6 is 11.6 Å². The van der Waals surface area contributed by atoms with E-state index in [2.05, 4.69) is 15.3 Å². The molecule has 0 atom stereocenters. The molecule has 3 rings (SSSR count). The van der Waals surface area contributed by atoms with Crippen LogP contribution in [0.5, 0.6) is 0 Å². The van der Waals surface area contributed by atoms with Crippen molar-refractivity contribution in [3.05, 3.63) is 41.4 Å². The molecule has 4 nitrogen and oxygen atoms in total. The molecule has 1 aromatic heterocycles. The minimum absolute atomic E-state index is 0.591. The number of nitrogens with two attached hydrogens (primary N) is 1. The Hall–Kier alpha value is -2.20. The van der Waals surface area contributed by atoms with Crippen molar-refractivity contribution < 1.29 is 0 Å². The molecule has 0 spiro atoms. The second kappa shape index (κ2) is 4.48. The molecule has 1 heterocycles. The van der Waals surface area contributed by atoms with Gasteiger partial charge in [0.25, 0.3) is 0 Å². The molecule has 0 saturated heterocycles. The minimum Gasteiger partial charge on any atom is -0.399 e. The third-order valence-electron chi connectivity index (χ3n) is 3.02. The number of halogens is 1. The van der Waals surface area contributed by atoms with Crippen molar-refractivity contribution in [2.45, 2.75) is 0 Å². The van der Waals surface area contributed by atoms with Crippen molar-refractivity contribution in [1.29, 1.82) is 0 Å². The maximum Gasteiger partial charge on any atom is 0.140 e. The van der Waals surface area contributed by atoms with Gasteiger partial charge in [-0.2, -0.15) is 0 Å². The smallest absolute Gasteiger partial charge is 0.140 e. The molecule has 3 aromatic rings.